The molecule has 2 aromatic carbocycles. The number of Topliss-reactive ketones (excluding diaryl/α,β-unsaturated/α-hetero) is 1. The van der Waals surface area contributed by atoms with Crippen molar-refractivity contribution in [3.8, 4) is 11.1 Å². The average molecular weight is 291 g/mol. The summed E-state index contributed by atoms with van der Waals surface area (Å²) in [7, 11) is 0. The molecule has 0 saturated heterocycles. The van der Waals surface area contributed by atoms with Crippen LogP contribution in [0.3, 0.4) is 0 Å². The van der Waals surface area contributed by atoms with Gasteiger partial charge in [0, 0.05) is 22.9 Å². The summed E-state index contributed by atoms with van der Waals surface area (Å²) in [6.45, 7) is 0. The van der Waals surface area contributed by atoms with Crippen LogP contribution in [-0.2, 0) is 6.42 Å². The largest absolute Gasteiger partial charge is 0.294 e. The van der Waals surface area contributed by atoms with Gasteiger partial charge in [0.25, 0.3) is 0 Å². The molecule has 4 rings (SSSR count). The molecule has 0 N–H and O–H groups in total. The van der Waals surface area contributed by atoms with Gasteiger partial charge in [-0.25, -0.2) is 4.39 Å². The molecule has 0 amide bonds. The maximum Gasteiger partial charge on any atom is 0.165 e. The van der Waals surface area contributed by atoms with Crippen molar-refractivity contribution < 1.29 is 9.18 Å². The Hall–Kier alpha value is -2.55. The molecule has 0 radical (unpaired) electrons. The van der Waals surface area contributed by atoms with Gasteiger partial charge in [-0.05, 0) is 36.6 Å². The fourth-order valence-electron chi connectivity index (χ4n) is 3.20. The van der Waals surface area contributed by atoms with Crippen LogP contribution in [0.4, 0.5) is 4.39 Å². The van der Waals surface area contributed by atoms with Crippen LogP contribution in [0, 0.1) is 5.82 Å². The number of aromatic nitrogens is 1. The normalized spacial score (nSPS) is 14.1. The minimum absolute atomic E-state index is 0.138. The van der Waals surface area contributed by atoms with Gasteiger partial charge in [-0.1, -0.05) is 30.3 Å². The quantitative estimate of drug-likeness (QED) is 0.658. The first-order valence-corrected chi connectivity index (χ1v) is 7.45. The highest BCUT2D eigenvalue weighted by Crippen LogP contribution is 2.36. The lowest BCUT2D eigenvalue weighted by Crippen LogP contribution is -2.14. The molecule has 0 bridgehead atoms. The van der Waals surface area contributed by atoms with E-state index in [-0.39, 0.29) is 11.6 Å². The second-order valence-corrected chi connectivity index (χ2v) is 5.61. The van der Waals surface area contributed by atoms with E-state index in [9.17, 15) is 9.18 Å². The molecule has 1 heterocycles. The van der Waals surface area contributed by atoms with E-state index in [0.717, 1.165) is 46.1 Å². The van der Waals surface area contributed by atoms with Crippen LogP contribution in [0.5, 0.6) is 0 Å². The average Bonchev–Trinajstić information content (AvgIpc) is 2.54. The van der Waals surface area contributed by atoms with E-state index < -0.39 is 0 Å². The molecular formula is C19H14FNO. The van der Waals surface area contributed by atoms with E-state index in [4.69, 9.17) is 0 Å². The Kier molecular flexibility index (Phi) is 3.00. The molecule has 0 aliphatic heterocycles. The van der Waals surface area contributed by atoms with E-state index in [0.29, 0.717) is 6.42 Å². The summed E-state index contributed by atoms with van der Waals surface area (Å²) >= 11 is 0. The maximum atomic E-state index is 13.3. The van der Waals surface area contributed by atoms with Gasteiger partial charge >= 0.3 is 0 Å². The minimum Gasteiger partial charge on any atom is -0.294 e. The lowest BCUT2D eigenvalue weighted by atomic mass is 9.86. The Bertz CT molecular complexity index is 884. The number of hydrogen-bond acceptors (Lipinski definition) is 2. The number of hydrogen-bond donors (Lipinski definition) is 0. The number of para-hydroxylation sites is 1. The summed E-state index contributed by atoms with van der Waals surface area (Å²) in [5.74, 6) is -0.138. The molecule has 0 unspecified atom stereocenters. The zero-order valence-corrected chi connectivity index (χ0v) is 12.0. The number of rotatable bonds is 1. The number of pyridine rings is 1. The smallest absolute Gasteiger partial charge is 0.165 e. The number of carbonyl (C=O) groups is 1. The molecular weight excluding hydrogens is 277 g/mol. The van der Waals surface area contributed by atoms with Crippen LogP contribution in [0.2, 0.25) is 0 Å². The van der Waals surface area contributed by atoms with Gasteiger partial charge in [-0.2, -0.15) is 0 Å². The Morgan fingerprint density at radius 1 is 0.909 bits per heavy atom. The summed E-state index contributed by atoms with van der Waals surface area (Å²) in [5, 5.41) is 0.947. The van der Waals surface area contributed by atoms with Crippen LogP contribution in [0.1, 0.15) is 28.9 Å². The van der Waals surface area contributed by atoms with Gasteiger partial charge in [0.05, 0.1) is 11.2 Å². The molecule has 1 aromatic heterocycles. The van der Waals surface area contributed by atoms with Crippen molar-refractivity contribution in [3.63, 3.8) is 0 Å². The second-order valence-electron chi connectivity index (χ2n) is 5.61. The van der Waals surface area contributed by atoms with Crippen LogP contribution >= 0.6 is 0 Å². The first-order valence-electron chi connectivity index (χ1n) is 7.45. The lowest BCUT2D eigenvalue weighted by molar-refractivity contribution is 0.0972. The van der Waals surface area contributed by atoms with Crippen LogP contribution in [-0.4, -0.2) is 10.8 Å². The number of nitrogens with zero attached hydrogens (tertiary/aromatic N) is 1. The number of benzene rings is 2. The van der Waals surface area contributed by atoms with Crippen molar-refractivity contribution in [2.24, 2.45) is 0 Å². The fraction of sp³-hybridized carbons (Fsp3) is 0.158. The zero-order valence-electron chi connectivity index (χ0n) is 12.0. The Morgan fingerprint density at radius 2 is 1.68 bits per heavy atom. The van der Waals surface area contributed by atoms with Gasteiger partial charge < -0.3 is 0 Å². The van der Waals surface area contributed by atoms with E-state index in [2.05, 4.69) is 4.98 Å². The highest BCUT2D eigenvalue weighted by molar-refractivity contribution is 6.11. The van der Waals surface area contributed by atoms with Gasteiger partial charge in [-0.3, -0.25) is 9.78 Å². The monoisotopic (exact) mass is 291 g/mol. The molecule has 3 aromatic rings. The van der Waals surface area contributed by atoms with Crippen molar-refractivity contribution in [3.05, 3.63) is 65.6 Å². The summed E-state index contributed by atoms with van der Waals surface area (Å²) in [6.07, 6.45) is 2.22. The summed E-state index contributed by atoms with van der Waals surface area (Å²) in [6, 6.07) is 14.2. The van der Waals surface area contributed by atoms with Crippen molar-refractivity contribution >= 4 is 16.7 Å². The molecule has 22 heavy (non-hydrogen) atoms. The minimum atomic E-state index is -0.276. The van der Waals surface area contributed by atoms with Gasteiger partial charge in [0.1, 0.15) is 5.82 Å². The Morgan fingerprint density at radius 3 is 2.50 bits per heavy atom. The first kappa shape index (κ1) is 13.1. The molecule has 3 heteroatoms. The van der Waals surface area contributed by atoms with Gasteiger partial charge in [0.15, 0.2) is 5.78 Å². The van der Waals surface area contributed by atoms with Crippen molar-refractivity contribution in [2.45, 2.75) is 19.3 Å². The van der Waals surface area contributed by atoms with Crippen molar-refractivity contribution in [1.29, 1.82) is 0 Å². The van der Waals surface area contributed by atoms with Gasteiger partial charge in [0.2, 0.25) is 0 Å². The molecule has 2 nitrogen and oxygen atoms in total. The summed E-state index contributed by atoms with van der Waals surface area (Å²) in [4.78, 5) is 17.2. The van der Waals surface area contributed by atoms with Crippen molar-refractivity contribution in [2.75, 3.05) is 0 Å². The van der Waals surface area contributed by atoms with E-state index >= 15 is 0 Å². The molecule has 1 aliphatic carbocycles. The third-order valence-electron chi connectivity index (χ3n) is 4.20. The van der Waals surface area contributed by atoms with E-state index in [1.807, 2.05) is 24.3 Å². The molecule has 0 fully saturated rings. The van der Waals surface area contributed by atoms with E-state index in [1.54, 1.807) is 12.1 Å². The third-order valence-corrected chi connectivity index (χ3v) is 4.20. The Labute approximate surface area is 127 Å². The Balaban J connectivity index is 2.11. The number of fused-ring (bicyclic) bond motifs is 2. The maximum absolute atomic E-state index is 13.3. The zero-order chi connectivity index (χ0) is 15.1. The topological polar surface area (TPSA) is 30.0 Å². The number of ketones is 1. The molecule has 0 saturated carbocycles. The van der Waals surface area contributed by atoms with Crippen LogP contribution < -0.4 is 0 Å². The summed E-state index contributed by atoms with van der Waals surface area (Å²) in [5.41, 5.74) is 4.23. The molecule has 0 spiro atoms. The first-order chi connectivity index (χ1) is 10.7. The molecule has 108 valence electrons. The lowest BCUT2D eigenvalue weighted by Gasteiger charge is -2.20. The van der Waals surface area contributed by atoms with E-state index in [1.165, 1.54) is 12.1 Å². The SMILES string of the molecule is O=C1CCCc2nc3ccccc3c(-c3ccc(F)cc3)c21. The fourth-order valence-corrected chi connectivity index (χ4v) is 3.20. The molecule has 0 atom stereocenters. The number of aryl methyl sites for hydroxylation is 1. The molecule has 1 aliphatic rings. The van der Waals surface area contributed by atoms with Crippen molar-refractivity contribution in [1.82, 2.24) is 4.98 Å². The number of halogens is 1. The predicted molar refractivity (Wildman–Crippen MR) is 84.4 cm³/mol. The summed E-state index contributed by atoms with van der Waals surface area (Å²) < 4.78 is 13.3. The highest BCUT2D eigenvalue weighted by atomic mass is 19.1. The second kappa shape index (κ2) is 5.02. The van der Waals surface area contributed by atoms with Gasteiger partial charge in [-0.15, -0.1) is 0 Å². The predicted octanol–water partition coefficient (Wildman–Crippen LogP) is 4.56. The van der Waals surface area contributed by atoms with Crippen LogP contribution in [0.25, 0.3) is 22.0 Å². The van der Waals surface area contributed by atoms with Crippen LogP contribution in [0.15, 0.2) is 48.5 Å². The standard InChI is InChI=1S/C19H14FNO/c20-13-10-8-12(9-11-13)18-14-4-1-2-5-15(14)21-16-6-3-7-17(22)19(16)18/h1-2,4-5,8-11H,3,6-7H2. The third kappa shape index (κ3) is 2.01. The highest BCUT2D eigenvalue weighted by Gasteiger charge is 2.24. The number of carbonyl (C=O) groups excluding carboxylic acids is 1.